The number of carbonyl (C=O) groups is 1. The summed E-state index contributed by atoms with van der Waals surface area (Å²) >= 11 is 0. The summed E-state index contributed by atoms with van der Waals surface area (Å²) in [7, 11) is -4.24. The molecule has 0 aliphatic rings. The first-order valence-electron chi connectivity index (χ1n) is 11.0. The van der Waals surface area contributed by atoms with Crippen LogP contribution in [0.1, 0.15) is 26.3 Å². The Morgan fingerprint density at radius 2 is 1.34 bits per heavy atom. The minimum atomic E-state index is -4.24. The topological polar surface area (TPSA) is 76.0 Å². The lowest BCUT2D eigenvalue weighted by Crippen LogP contribution is -2.26. The molecule has 35 heavy (non-hydrogen) atoms. The van der Waals surface area contributed by atoms with Gasteiger partial charge in [0.1, 0.15) is 22.9 Å². The van der Waals surface area contributed by atoms with Crippen LogP contribution in [0.3, 0.4) is 0 Å². The molecule has 0 bridgehead atoms. The average molecular weight is 491 g/mol. The molecule has 0 N–H and O–H groups in total. The number of nitrogens with zero attached hydrogens (tertiary/aromatic N) is 1. The fourth-order valence-electron chi connectivity index (χ4n) is 3.32. The standard InChI is InChI=1S/C27H26NO6P/c1-20(24-19-28(26(29)31-27(2,3)4)25-18-12-11-17-23(24)25)32-35(30,33-21-13-7-5-8-14-21)34-22-15-9-6-10-16-22/h5-19H,1H2,2-4H3. The van der Waals surface area contributed by atoms with Crippen molar-refractivity contribution in [2.24, 2.45) is 0 Å². The predicted molar refractivity (Wildman–Crippen MR) is 135 cm³/mol. The van der Waals surface area contributed by atoms with Crippen LogP contribution in [0.15, 0.2) is 97.7 Å². The number of ether oxygens (including phenoxy) is 1. The lowest BCUT2D eigenvalue weighted by molar-refractivity contribution is 0.0544. The Labute approximate surface area is 204 Å². The molecule has 0 saturated carbocycles. The minimum Gasteiger partial charge on any atom is -0.443 e. The van der Waals surface area contributed by atoms with Gasteiger partial charge in [0.15, 0.2) is 0 Å². The van der Waals surface area contributed by atoms with Crippen molar-refractivity contribution in [3.05, 3.63) is 103 Å². The van der Waals surface area contributed by atoms with Crippen LogP contribution in [0, 0.1) is 0 Å². The Morgan fingerprint density at radius 3 is 1.89 bits per heavy atom. The number of phosphoric ester groups is 1. The van der Waals surface area contributed by atoms with Gasteiger partial charge < -0.3 is 18.3 Å². The van der Waals surface area contributed by atoms with Gasteiger partial charge in [-0.2, -0.15) is 4.57 Å². The van der Waals surface area contributed by atoms with Crippen molar-refractivity contribution in [2.45, 2.75) is 26.4 Å². The maximum Gasteiger partial charge on any atom is 0.647 e. The van der Waals surface area contributed by atoms with Gasteiger partial charge in [-0.1, -0.05) is 61.2 Å². The molecule has 4 rings (SSSR count). The molecule has 1 aromatic heterocycles. The Balaban J connectivity index is 1.69. The number of para-hydroxylation sites is 3. The molecule has 180 valence electrons. The van der Waals surface area contributed by atoms with Crippen molar-refractivity contribution < 1.29 is 27.7 Å². The van der Waals surface area contributed by atoms with Gasteiger partial charge in [0, 0.05) is 17.1 Å². The van der Waals surface area contributed by atoms with E-state index in [1.807, 2.05) is 6.07 Å². The normalized spacial score (nSPS) is 11.6. The highest BCUT2D eigenvalue weighted by Crippen LogP contribution is 2.53. The molecule has 0 aliphatic carbocycles. The third-order valence-electron chi connectivity index (χ3n) is 4.75. The van der Waals surface area contributed by atoms with E-state index in [4.69, 9.17) is 18.3 Å². The van der Waals surface area contributed by atoms with Crippen LogP contribution in [-0.4, -0.2) is 16.3 Å². The Hall–Kier alpha value is -3.96. The number of hydrogen-bond acceptors (Lipinski definition) is 6. The third-order valence-corrected chi connectivity index (χ3v) is 6.06. The van der Waals surface area contributed by atoms with Crippen LogP contribution in [0.4, 0.5) is 4.79 Å². The van der Waals surface area contributed by atoms with Gasteiger partial charge in [-0.15, -0.1) is 0 Å². The highest BCUT2D eigenvalue weighted by molar-refractivity contribution is 7.49. The second-order valence-corrected chi connectivity index (χ2v) is 10.1. The van der Waals surface area contributed by atoms with Crippen LogP contribution < -0.4 is 9.05 Å². The Bertz CT molecular complexity index is 1340. The van der Waals surface area contributed by atoms with E-state index in [0.717, 1.165) is 0 Å². The summed E-state index contributed by atoms with van der Waals surface area (Å²) in [5.41, 5.74) is 0.350. The zero-order valence-corrected chi connectivity index (χ0v) is 20.6. The lowest BCUT2D eigenvalue weighted by atomic mass is 10.1. The first kappa shape index (κ1) is 24.2. The van der Waals surface area contributed by atoms with E-state index in [0.29, 0.717) is 28.0 Å². The van der Waals surface area contributed by atoms with E-state index < -0.39 is 19.5 Å². The summed E-state index contributed by atoms with van der Waals surface area (Å²) < 4.78 is 37.8. The van der Waals surface area contributed by atoms with E-state index in [9.17, 15) is 9.36 Å². The van der Waals surface area contributed by atoms with Crippen molar-refractivity contribution in [1.82, 2.24) is 4.57 Å². The molecule has 8 heteroatoms. The van der Waals surface area contributed by atoms with Crippen molar-refractivity contribution in [2.75, 3.05) is 0 Å². The molecule has 0 radical (unpaired) electrons. The van der Waals surface area contributed by atoms with Gasteiger partial charge >= 0.3 is 13.9 Å². The highest BCUT2D eigenvalue weighted by Gasteiger charge is 2.35. The van der Waals surface area contributed by atoms with Crippen molar-refractivity contribution in [3.8, 4) is 11.5 Å². The predicted octanol–water partition coefficient (Wildman–Crippen LogP) is 7.68. The molecular weight excluding hydrogens is 465 g/mol. The highest BCUT2D eigenvalue weighted by atomic mass is 31.2. The summed E-state index contributed by atoms with van der Waals surface area (Å²) in [6, 6.07) is 24.3. The summed E-state index contributed by atoms with van der Waals surface area (Å²) in [5, 5.41) is 0.661. The van der Waals surface area contributed by atoms with E-state index >= 15 is 0 Å². The van der Waals surface area contributed by atoms with Gasteiger partial charge in [-0.25, -0.2) is 4.79 Å². The molecule has 4 aromatic rings. The van der Waals surface area contributed by atoms with Crippen LogP contribution in [-0.2, 0) is 13.8 Å². The van der Waals surface area contributed by atoms with Gasteiger partial charge in [-0.3, -0.25) is 4.57 Å². The number of fused-ring (bicyclic) bond motifs is 1. The maximum atomic E-state index is 13.8. The maximum absolute atomic E-state index is 13.8. The quantitative estimate of drug-likeness (QED) is 0.195. The van der Waals surface area contributed by atoms with Crippen LogP contribution >= 0.6 is 7.82 Å². The zero-order chi connectivity index (χ0) is 25.1. The van der Waals surface area contributed by atoms with E-state index in [2.05, 4.69) is 6.58 Å². The first-order valence-corrected chi connectivity index (χ1v) is 12.4. The molecule has 0 fully saturated rings. The second kappa shape index (κ2) is 9.72. The van der Waals surface area contributed by atoms with Gasteiger partial charge in [0.2, 0.25) is 0 Å². The molecule has 1 heterocycles. The van der Waals surface area contributed by atoms with E-state index in [1.54, 1.807) is 99.6 Å². The number of rotatable bonds is 7. The largest absolute Gasteiger partial charge is 0.647 e. The number of hydrogen-bond donors (Lipinski definition) is 0. The SMILES string of the molecule is C=C(OP(=O)(Oc1ccccc1)Oc1ccccc1)c1cn(C(=O)OC(C)(C)C)c2ccccc12. The third kappa shape index (κ3) is 5.94. The lowest BCUT2D eigenvalue weighted by Gasteiger charge is -2.20. The molecule has 0 spiro atoms. The van der Waals surface area contributed by atoms with Crippen molar-refractivity contribution >= 4 is 30.6 Å². The van der Waals surface area contributed by atoms with E-state index in [1.165, 1.54) is 10.8 Å². The number of benzene rings is 3. The molecule has 0 saturated heterocycles. The fourth-order valence-corrected chi connectivity index (χ4v) is 4.56. The van der Waals surface area contributed by atoms with Crippen molar-refractivity contribution in [1.29, 1.82) is 0 Å². The fraction of sp³-hybridized carbons (Fsp3) is 0.148. The summed E-state index contributed by atoms with van der Waals surface area (Å²) in [4.78, 5) is 12.8. The Morgan fingerprint density at radius 1 is 0.829 bits per heavy atom. The monoisotopic (exact) mass is 491 g/mol. The van der Waals surface area contributed by atoms with E-state index in [-0.39, 0.29) is 5.76 Å². The molecule has 3 aromatic carbocycles. The average Bonchev–Trinajstić information content (AvgIpc) is 3.19. The van der Waals surface area contributed by atoms with Crippen LogP contribution in [0.2, 0.25) is 0 Å². The van der Waals surface area contributed by atoms with Crippen molar-refractivity contribution in [3.63, 3.8) is 0 Å². The zero-order valence-electron chi connectivity index (χ0n) is 19.7. The second-order valence-electron chi connectivity index (χ2n) is 8.68. The Kier molecular flexibility index (Phi) is 6.72. The van der Waals surface area contributed by atoms with Gasteiger partial charge in [0.05, 0.1) is 5.52 Å². The molecule has 0 atom stereocenters. The molecular formula is C27H26NO6P. The van der Waals surface area contributed by atoms with Gasteiger partial charge in [0.25, 0.3) is 0 Å². The number of phosphoric acid groups is 1. The smallest absolute Gasteiger partial charge is 0.443 e. The molecule has 0 aliphatic heterocycles. The molecule has 7 nitrogen and oxygen atoms in total. The first-order chi connectivity index (χ1) is 16.6. The summed E-state index contributed by atoms with van der Waals surface area (Å²) in [6.07, 6.45) is 0.980. The van der Waals surface area contributed by atoms with Crippen LogP contribution in [0.25, 0.3) is 16.7 Å². The van der Waals surface area contributed by atoms with Gasteiger partial charge in [-0.05, 0) is 51.1 Å². The minimum absolute atomic E-state index is 0.0127. The molecule has 0 unspecified atom stereocenters. The number of carbonyl (C=O) groups excluding carboxylic acids is 1. The summed E-state index contributed by atoms with van der Waals surface area (Å²) in [5.74, 6) is 0.616. The summed E-state index contributed by atoms with van der Waals surface area (Å²) in [6.45, 7) is 9.34. The van der Waals surface area contributed by atoms with Crippen LogP contribution in [0.5, 0.6) is 11.5 Å². The number of aromatic nitrogens is 1. The molecule has 0 amide bonds.